The van der Waals surface area contributed by atoms with E-state index in [0.29, 0.717) is 6.42 Å². The zero-order valence-electron chi connectivity index (χ0n) is 9.01. The Kier molecular flexibility index (Phi) is 2.52. The standard InChI is InChI=1S/C11H11BrN2O2S/c12-9-1-2-10-5-13-11(14(10)6-9)8-3-4-17(15,16)7-8/h1-2,5-6,8H,3-4,7H2. The largest absolute Gasteiger partial charge is 0.302 e. The van der Waals surface area contributed by atoms with Crippen molar-refractivity contribution in [1.82, 2.24) is 9.38 Å². The van der Waals surface area contributed by atoms with Crippen molar-refractivity contribution >= 4 is 31.3 Å². The van der Waals surface area contributed by atoms with E-state index in [2.05, 4.69) is 20.9 Å². The summed E-state index contributed by atoms with van der Waals surface area (Å²) in [5.74, 6) is 1.37. The molecule has 2 aromatic heterocycles. The van der Waals surface area contributed by atoms with Gasteiger partial charge in [-0.05, 0) is 34.5 Å². The zero-order valence-corrected chi connectivity index (χ0v) is 11.4. The van der Waals surface area contributed by atoms with Crippen LogP contribution in [0.5, 0.6) is 0 Å². The van der Waals surface area contributed by atoms with Gasteiger partial charge in [-0.15, -0.1) is 0 Å². The smallest absolute Gasteiger partial charge is 0.151 e. The van der Waals surface area contributed by atoms with Crippen LogP contribution in [0.25, 0.3) is 5.52 Å². The number of nitrogens with zero attached hydrogens (tertiary/aromatic N) is 2. The fourth-order valence-corrected chi connectivity index (χ4v) is 4.36. The normalized spacial score (nSPS) is 23.2. The van der Waals surface area contributed by atoms with E-state index >= 15 is 0 Å². The van der Waals surface area contributed by atoms with E-state index in [1.807, 2.05) is 22.7 Å². The minimum Gasteiger partial charge on any atom is -0.302 e. The van der Waals surface area contributed by atoms with Crippen molar-refractivity contribution in [2.45, 2.75) is 12.3 Å². The number of hydrogen-bond donors (Lipinski definition) is 0. The van der Waals surface area contributed by atoms with Gasteiger partial charge in [0.2, 0.25) is 0 Å². The van der Waals surface area contributed by atoms with Crippen molar-refractivity contribution in [2.24, 2.45) is 0 Å². The summed E-state index contributed by atoms with van der Waals surface area (Å²) >= 11 is 3.42. The van der Waals surface area contributed by atoms with Gasteiger partial charge < -0.3 is 4.40 Å². The van der Waals surface area contributed by atoms with Gasteiger partial charge in [0.05, 0.1) is 23.2 Å². The molecule has 0 N–H and O–H groups in total. The molecule has 0 spiro atoms. The van der Waals surface area contributed by atoms with Crippen molar-refractivity contribution in [3.63, 3.8) is 0 Å². The molecule has 1 aliphatic heterocycles. The first kappa shape index (κ1) is 11.2. The predicted molar refractivity (Wildman–Crippen MR) is 68.9 cm³/mol. The first-order valence-corrected chi connectivity index (χ1v) is 7.99. The molecule has 1 aliphatic rings. The van der Waals surface area contributed by atoms with Gasteiger partial charge in [-0.3, -0.25) is 0 Å². The van der Waals surface area contributed by atoms with E-state index in [1.54, 1.807) is 6.20 Å². The molecule has 0 aromatic carbocycles. The minimum atomic E-state index is -2.87. The number of fused-ring (bicyclic) bond motifs is 1. The van der Waals surface area contributed by atoms with Crippen LogP contribution < -0.4 is 0 Å². The lowest BCUT2D eigenvalue weighted by molar-refractivity contribution is 0.601. The maximum absolute atomic E-state index is 11.5. The monoisotopic (exact) mass is 314 g/mol. The third-order valence-electron chi connectivity index (χ3n) is 3.12. The van der Waals surface area contributed by atoms with Gasteiger partial charge in [-0.1, -0.05) is 0 Å². The van der Waals surface area contributed by atoms with Gasteiger partial charge in [0, 0.05) is 16.6 Å². The van der Waals surface area contributed by atoms with E-state index in [0.717, 1.165) is 15.8 Å². The molecule has 17 heavy (non-hydrogen) atoms. The maximum Gasteiger partial charge on any atom is 0.151 e. The average Bonchev–Trinajstić information content (AvgIpc) is 2.81. The summed E-state index contributed by atoms with van der Waals surface area (Å²) < 4.78 is 25.9. The van der Waals surface area contributed by atoms with Crippen LogP contribution >= 0.6 is 15.9 Å². The van der Waals surface area contributed by atoms with Gasteiger partial charge >= 0.3 is 0 Å². The van der Waals surface area contributed by atoms with Crippen LogP contribution in [-0.2, 0) is 9.84 Å². The first-order valence-electron chi connectivity index (χ1n) is 5.38. The van der Waals surface area contributed by atoms with Gasteiger partial charge in [0.25, 0.3) is 0 Å². The number of aromatic nitrogens is 2. The summed E-state index contributed by atoms with van der Waals surface area (Å²) in [7, 11) is -2.87. The summed E-state index contributed by atoms with van der Waals surface area (Å²) in [6.07, 6.45) is 4.39. The average molecular weight is 315 g/mol. The molecule has 1 saturated heterocycles. The lowest BCUT2D eigenvalue weighted by atomic mass is 10.1. The summed E-state index contributed by atoms with van der Waals surface area (Å²) in [4.78, 5) is 4.36. The quantitative estimate of drug-likeness (QED) is 0.809. The van der Waals surface area contributed by atoms with Crippen molar-refractivity contribution in [3.8, 4) is 0 Å². The fraction of sp³-hybridized carbons (Fsp3) is 0.364. The molecule has 1 atom stereocenters. The first-order chi connectivity index (χ1) is 8.05. The number of hydrogen-bond acceptors (Lipinski definition) is 3. The van der Waals surface area contributed by atoms with Crippen LogP contribution in [0.2, 0.25) is 0 Å². The Bertz CT molecular complexity index is 678. The molecule has 3 heterocycles. The molecule has 1 unspecified atom stereocenters. The number of halogens is 1. The van der Waals surface area contributed by atoms with Crippen molar-refractivity contribution in [1.29, 1.82) is 0 Å². The molecule has 0 saturated carbocycles. The highest BCUT2D eigenvalue weighted by Gasteiger charge is 2.31. The SMILES string of the molecule is O=S1(=O)CCC(c2ncc3ccc(Br)cn23)C1. The van der Waals surface area contributed by atoms with Crippen molar-refractivity contribution in [2.75, 3.05) is 11.5 Å². The van der Waals surface area contributed by atoms with Crippen LogP contribution in [0, 0.1) is 0 Å². The van der Waals surface area contributed by atoms with Crippen LogP contribution in [0.3, 0.4) is 0 Å². The minimum absolute atomic E-state index is 0.0248. The summed E-state index contributed by atoms with van der Waals surface area (Å²) in [6.45, 7) is 0. The van der Waals surface area contributed by atoms with Gasteiger partial charge in [-0.2, -0.15) is 0 Å². The van der Waals surface area contributed by atoms with E-state index < -0.39 is 9.84 Å². The lowest BCUT2D eigenvalue weighted by Crippen LogP contribution is -2.07. The molecule has 1 fully saturated rings. The number of sulfone groups is 1. The Balaban J connectivity index is 2.09. The van der Waals surface area contributed by atoms with Crippen LogP contribution in [0.4, 0.5) is 0 Å². The highest BCUT2D eigenvalue weighted by Crippen LogP contribution is 2.29. The van der Waals surface area contributed by atoms with Crippen molar-refractivity contribution in [3.05, 3.63) is 34.8 Å². The maximum atomic E-state index is 11.5. The van der Waals surface area contributed by atoms with Crippen LogP contribution in [0.15, 0.2) is 29.0 Å². The van der Waals surface area contributed by atoms with Gasteiger partial charge in [0.1, 0.15) is 5.82 Å². The van der Waals surface area contributed by atoms with Gasteiger partial charge in [0.15, 0.2) is 9.84 Å². The molecule has 4 nitrogen and oxygen atoms in total. The van der Waals surface area contributed by atoms with Crippen LogP contribution in [0.1, 0.15) is 18.2 Å². The highest BCUT2D eigenvalue weighted by molar-refractivity contribution is 9.10. The number of imidazole rings is 1. The van der Waals surface area contributed by atoms with E-state index in [-0.39, 0.29) is 17.4 Å². The lowest BCUT2D eigenvalue weighted by Gasteiger charge is -2.06. The second-order valence-corrected chi connectivity index (χ2v) is 7.50. The summed E-state index contributed by atoms with van der Waals surface area (Å²) in [6, 6.07) is 3.91. The molecule has 3 rings (SSSR count). The van der Waals surface area contributed by atoms with E-state index in [9.17, 15) is 8.42 Å². The molecular weight excluding hydrogens is 304 g/mol. The van der Waals surface area contributed by atoms with E-state index in [4.69, 9.17) is 0 Å². The third-order valence-corrected chi connectivity index (χ3v) is 5.35. The Morgan fingerprint density at radius 1 is 1.41 bits per heavy atom. The summed E-state index contributed by atoms with van der Waals surface area (Å²) in [5, 5.41) is 0. The molecule has 0 radical (unpaired) electrons. The molecule has 0 amide bonds. The highest BCUT2D eigenvalue weighted by atomic mass is 79.9. The third kappa shape index (κ3) is 1.99. The second kappa shape index (κ2) is 3.81. The van der Waals surface area contributed by atoms with E-state index in [1.165, 1.54) is 0 Å². The molecular formula is C11H11BrN2O2S. The molecule has 0 aliphatic carbocycles. The summed E-state index contributed by atoms with van der Waals surface area (Å²) in [5.41, 5.74) is 0.993. The predicted octanol–water partition coefficient (Wildman–Crippen LogP) is 2.00. The zero-order chi connectivity index (χ0) is 12.0. The molecule has 90 valence electrons. The Morgan fingerprint density at radius 3 is 2.94 bits per heavy atom. The number of pyridine rings is 1. The van der Waals surface area contributed by atoms with Crippen LogP contribution in [-0.4, -0.2) is 29.3 Å². The Labute approximate surface area is 108 Å². The van der Waals surface area contributed by atoms with Gasteiger partial charge in [-0.25, -0.2) is 13.4 Å². The Morgan fingerprint density at radius 2 is 2.24 bits per heavy atom. The molecule has 2 aromatic rings. The molecule has 0 bridgehead atoms. The Hall–Kier alpha value is -0.880. The van der Waals surface area contributed by atoms with Crippen molar-refractivity contribution < 1.29 is 8.42 Å². The topological polar surface area (TPSA) is 51.4 Å². The number of rotatable bonds is 1. The second-order valence-electron chi connectivity index (χ2n) is 4.36. The molecule has 6 heteroatoms. The fourth-order valence-electron chi connectivity index (χ4n) is 2.29.